The van der Waals surface area contributed by atoms with Gasteiger partial charge < -0.3 is 4.74 Å². The van der Waals surface area contributed by atoms with Crippen LogP contribution in [0.5, 0.6) is 0 Å². The molecule has 1 heterocycles. The number of hydrogen-bond acceptors (Lipinski definition) is 7. The second kappa shape index (κ2) is 7.11. The number of aromatic nitrogens is 2. The maximum Gasteiger partial charge on any atom is 0.362 e. The first-order valence-electron chi connectivity index (χ1n) is 5.75. The first-order chi connectivity index (χ1) is 9.72. The molecule has 6 nitrogen and oxygen atoms in total. The Labute approximate surface area is 128 Å². The van der Waals surface area contributed by atoms with Crippen molar-refractivity contribution in [3.8, 4) is 0 Å². The number of carbonyl (C=O) groups is 1. The fraction of sp³-hybridized carbons (Fsp3) is 0.167. The SMILES string of the molecule is CCOC(=O)c1nnsc1NN=Cc1ccccc1Br. The molecule has 0 bridgehead atoms. The highest BCUT2D eigenvalue weighted by molar-refractivity contribution is 9.10. The summed E-state index contributed by atoms with van der Waals surface area (Å²) in [4.78, 5) is 11.6. The normalized spacial score (nSPS) is 10.7. The molecule has 0 fully saturated rings. The van der Waals surface area contributed by atoms with E-state index in [1.54, 1.807) is 13.1 Å². The number of ether oxygens (including phenoxy) is 1. The summed E-state index contributed by atoms with van der Waals surface area (Å²) in [6, 6.07) is 7.65. The summed E-state index contributed by atoms with van der Waals surface area (Å²) >= 11 is 4.46. The molecule has 8 heteroatoms. The minimum absolute atomic E-state index is 0.140. The Bertz CT molecular complexity index is 629. The van der Waals surface area contributed by atoms with Crippen LogP contribution in [0.4, 0.5) is 5.00 Å². The van der Waals surface area contributed by atoms with Crippen molar-refractivity contribution in [1.82, 2.24) is 9.59 Å². The summed E-state index contributed by atoms with van der Waals surface area (Å²) in [6.07, 6.45) is 1.64. The zero-order valence-electron chi connectivity index (χ0n) is 10.5. The molecular formula is C12H11BrN4O2S. The van der Waals surface area contributed by atoms with Crippen LogP contribution >= 0.6 is 27.5 Å². The third-order valence-electron chi connectivity index (χ3n) is 2.23. The smallest absolute Gasteiger partial charge is 0.362 e. The van der Waals surface area contributed by atoms with E-state index in [9.17, 15) is 4.79 Å². The number of nitrogens with zero attached hydrogens (tertiary/aromatic N) is 3. The van der Waals surface area contributed by atoms with E-state index in [-0.39, 0.29) is 12.3 Å². The number of hydrogen-bond donors (Lipinski definition) is 1. The second-order valence-corrected chi connectivity index (χ2v) is 5.17. The average Bonchev–Trinajstić information content (AvgIpc) is 2.90. The molecule has 0 atom stereocenters. The summed E-state index contributed by atoms with van der Waals surface area (Å²) in [6.45, 7) is 2.02. The number of hydrazone groups is 1. The lowest BCUT2D eigenvalue weighted by molar-refractivity contribution is 0.0520. The number of nitrogens with one attached hydrogen (secondary N) is 1. The number of anilines is 1. The van der Waals surface area contributed by atoms with Crippen molar-refractivity contribution in [1.29, 1.82) is 0 Å². The molecule has 1 aromatic carbocycles. The number of esters is 1. The molecule has 0 saturated heterocycles. The predicted octanol–water partition coefficient (Wildman–Crippen LogP) is 2.92. The molecule has 0 saturated carbocycles. The molecule has 20 heavy (non-hydrogen) atoms. The monoisotopic (exact) mass is 354 g/mol. The van der Waals surface area contributed by atoms with Crippen LogP contribution in [0, 0.1) is 0 Å². The van der Waals surface area contributed by atoms with E-state index in [1.165, 1.54) is 0 Å². The van der Waals surface area contributed by atoms with Crippen molar-refractivity contribution in [2.75, 3.05) is 12.0 Å². The molecule has 0 aliphatic heterocycles. The molecule has 2 aromatic rings. The Morgan fingerprint density at radius 3 is 3.10 bits per heavy atom. The van der Waals surface area contributed by atoms with Crippen molar-refractivity contribution in [3.63, 3.8) is 0 Å². The van der Waals surface area contributed by atoms with Crippen LogP contribution < -0.4 is 5.43 Å². The summed E-state index contributed by atoms with van der Waals surface area (Å²) in [5.41, 5.74) is 3.80. The van der Waals surface area contributed by atoms with Crippen molar-refractivity contribution in [3.05, 3.63) is 40.0 Å². The zero-order valence-corrected chi connectivity index (χ0v) is 12.9. The van der Waals surface area contributed by atoms with Crippen LogP contribution in [0.25, 0.3) is 0 Å². The molecule has 0 unspecified atom stereocenters. The van der Waals surface area contributed by atoms with Gasteiger partial charge in [0, 0.05) is 21.6 Å². The number of carbonyl (C=O) groups excluding carboxylic acids is 1. The summed E-state index contributed by atoms with van der Waals surface area (Å²) < 4.78 is 9.52. The molecule has 0 radical (unpaired) electrons. The van der Waals surface area contributed by atoms with Gasteiger partial charge in [0.2, 0.25) is 5.69 Å². The van der Waals surface area contributed by atoms with E-state index in [4.69, 9.17) is 4.74 Å². The Balaban J connectivity index is 2.07. The Hall–Kier alpha value is -1.80. The summed E-state index contributed by atoms with van der Waals surface area (Å²) in [5, 5.41) is 8.24. The van der Waals surface area contributed by atoms with E-state index in [1.807, 2.05) is 24.3 Å². The maximum atomic E-state index is 11.6. The van der Waals surface area contributed by atoms with Gasteiger partial charge in [-0.05, 0) is 13.0 Å². The quantitative estimate of drug-likeness (QED) is 0.507. The van der Waals surface area contributed by atoms with Gasteiger partial charge in [-0.1, -0.05) is 38.6 Å². The standard InChI is InChI=1S/C12H11BrN4O2S/c1-2-19-12(18)10-11(20-17-15-10)16-14-7-8-5-3-4-6-9(8)13/h3-7,16H,2H2,1H3. The lowest BCUT2D eigenvalue weighted by atomic mass is 10.2. The van der Waals surface area contributed by atoms with E-state index < -0.39 is 5.97 Å². The fourth-order valence-electron chi connectivity index (χ4n) is 1.34. The maximum absolute atomic E-state index is 11.6. The van der Waals surface area contributed by atoms with Crippen LogP contribution in [0.1, 0.15) is 23.0 Å². The Kier molecular flexibility index (Phi) is 5.19. The predicted molar refractivity (Wildman–Crippen MR) is 81.2 cm³/mol. The topological polar surface area (TPSA) is 76.5 Å². The van der Waals surface area contributed by atoms with Gasteiger partial charge >= 0.3 is 5.97 Å². The van der Waals surface area contributed by atoms with Crippen LogP contribution in [0.2, 0.25) is 0 Å². The van der Waals surface area contributed by atoms with Gasteiger partial charge in [-0.2, -0.15) is 5.10 Å². The molecule has 2 rings (SSSR count). The van der Waals surface area contributed by atoms with E-state index in [0.29, 0.717) is 5.00 Å². The minimum atomic E-state index is -0.514. The lowest BCUT2D eigenvalue weighted by Gasteiger charge is -2.00. The van der Waals surface area contributed by atoms with E-state index in [2.05, 4.69) is 36.0 Å². The van der Waals surface area contributed by atoms with Gasteiger partial charge in [-0.25, -0.2) is 4.79 Å². The van der Waals surface area contributed by atoms with Crippen molar-refractivity contribution in [2.45, 2.75) is 6.92 Å². The van der Waals surface area contributed by atoms with Gasteiger partial charge in [0.05, 0.1) is 12.8 Å². The van der Waals surface area contributed by atoms with Gasteiger partial charge in [0.15, 0.2) is 5.00 Å². The minimum Gasteiger partial charge on any atom is -0.461 e. The summed E-state index contributed by atoms with van der Waals surface area (Å²) in [5.74, 6) is -0.514. The van der Waals surface area contributed by atoms with Crippen LogP contribution in [-0.4, -0.2) is 28.4 Å². The number of rotatable bonds is 5. The number of benzene rings is 1. The highest BCUT2D eigenvalue weighted by Crippen LogP contribution is 2.19. The molecule has 0 aliphatic rings. The zero-order chi connectivity index (χ0) is 14.4. The van der Waals surface area contributed by atoms with Gasteiger partial charge in [-0.15, -0.1) is 5.10 Å². The molecule has 104 valence electrons. The first-order valence-corrected chi connectivity index (χ1v) is 7.32. The highest BCUT2D eigenvalue weighted by atomic mass is 79.9. The summed E-state index contributed by atoms with van der Waals surface area (Å²) in [7, 11) is 0. The van der Waals surface area contributed by atoms with Crippen molar-refractivity contribution in [2.24, 2.45) is 5.10 Å². The molecule has 0 spiro atoms. The van der Waals surface area contributed by atoms with Gasteiger partial charge in [-0.3, -0.25) is 5.43 Å². The van der Waals surface area contributed by atoms with Crippen LogP contribution in [0.15, 0.2) is 33.8 Å². The fourth-order valence-corrected chi connectivity index (χ4v) is 2.23. The van der Waals surface area contributed by atoms with Crippen molar-refractivity contribution < 1.29 is 9.53 Å². The van der Waals surface area contributed by atoms with Gasteiger partial charge in [0.1, 0.15) is 0 Å². The highest BCUT2D eigenvalue weighted by Gasteiger charge is 2.17. The third-order valence-corrected chi connectivity index (χ3v) is 3.58. The second-order valence-electron chi connectivity index (χ2n) is 3.56. The van der Waals surface area contributed by atoms with E-state index in [0.717, 1.165) is 21.6 Å². The Morgan fingerprint density at radius 1 is 1.55 bits per heavy atom. The number of halogens is 1. The van der Waals surface area contributed by atoms with E-state index >= 15 is 0 Å². The molecule has 0 amide bonds. The Morgan fingerprint density at radius 2 is 2.35 bits per heavy atom. The molecule has 1 aromatic heterocycles. The molecule has 0 aliphatic carbocycles. The van der Waals surface area contributed by atoms with Crippen molar-refractivity contribution >= 4 is 44.6 Å². The van der Waals surface area contributed by atoms with Crippen LogP contribution in [0.3, 0.4) is 0 Å². The first kappa shape index (κ1) is 14.6. The molecular weight excluding hydrogens is 344 g/mol. The lowest BCUT2D eigenvalue weighted by Crippen LogP contribution is -2.07. The van der Waals surface area contributed by atoms with Gasteiger partial charge in [0.25, 0.3) is 0 Å². The third kappa shape index (κ3) is 3.61. The largest absolute Gasteiger partial charge is 0.461 e. The molecule has 1 N–H and O–H groups in total. The average molecular weight is 355 g/mol. The van der Waals surface area contributed by atoms with Crippen LogP contribution in [-0.2, 0) is 4.74 Å².